The number of sulfonamides is 1. The Morgan fingerprint density at radius 2 is 2.04 bits per heavy atom. The zero-order valence-corrected chi connectivity index (χ0v) is 18.2. The number of amides is 1. The van der Waals surface area contributed by atoms with E-state index in [1.165, 1.54) is 0 Å². The lowest BCUT2D eigenvalue weighted by Gasteiger charge is -2.30. The lowest BCUT2D eigenvalue weighted by atomic mass is 10.0. The average molecular weight is 429 g/mol. The van der Waals surface area contributed by atoms with Crippen molar-refractivity contribution < 1.29 is 13.2 Å². The Balaban J connectivity index is 0.00000280. The number of hydrogen-bond acceptors (Lipinski definition) is 5. The smallest absolute Gasteiger partial charge is 0.285 e. The number of amidine groups is 1. The summed E-state index contributed by atoms with van der Waals surface area (Å²) in [6, 6.07) is 6.47. The van der Waals surface area contributed by atoms with E-state index >= 15 is 0 Å². The maximum absolute atomic E-state index is 13.0. The highest BCUT2D eigenvalue weighted by Gasteiger charge is 2.40. The summed E-state index contributed by atoms with van der Waals surface area (Å²) in [6.07, 6.45) is 2.27. The minimum Gasteiger partial charge on any atom is -0.344 e. The minimum absolute atomic E-state index is 0. The summed E-state index contributed by atoms with van der Waals surface area (Å²) in [5, 5.41) is 0. The quantitative estimate of drug-likeness (QED) is 0.772. The molecule has 2 aliphatic rings. The number of carbonyl (C=O) groups is 1. The predicted molar refractivity (Wildman–Crippen MR) is 112 cm³/mol. The molecule has 1 amide bonds. The monoisotopic (exact) mass is 428 g/mol. The van der Waals surface area contributed by atoms with Crippen LogP contribution in [0.25, 0.3) is 0 Å². The van der Waals surface area contributed by atoms with Crippen LogP contribution in [-0.4, -0.2) is 62.2 Å². The number of hydrogen-bond donors (Lipinski definition) is 1. The molecule has 9 heteroatoms. The summed E-state index contributed by atoms with van der Waals surface area (Å²) in [7, 11) is -1.90. The van der Waals surface area contributed by atoms with Gasteiger partial charge in [-0.05, 0) is 37.3 Å². The van der Waals surface area contributed by atoms with Gasteiger partial charge >= 0.3 is 0 Å². The van der Waals surface area contributed by atoms with Crippen molar-refractivity contribution in [3.8, 4) is 0 Å². The van der Waals surface area contributed by atoms with Crippen molar-refractivity contribution in [2.24, 2.45) is 16.0 Å². The lowest BCUT2D eigenvalue weighted by molar-refractivity contribution is -0.133. The Kier molecular flexibility index (Phi) is 7.12. The van der Waals surface area contributed by atoms with Gasteiger partial charge in [0.05, 0.1) is 0 Å². The third-order valence-electron chi connectivity index (χ3n) is 5.45. The van der Waals surface area contributed by atoms with Crippen LogP contribution in [0.15, 0.2) is 33.6 Å². The van der Waals surface area contributed by atoms with Crippen molar-refractivity contribution in [2.45, 2.75) is 50.1 Å². The van der Waals surface area contributed by atoms with Gasteiger partial charge in [0.2, 0.25) is 5.91 Å². The zero-order chi connectivity index (χ0) is 19.8. The molecule has 3 rings (SSSR count). The number of likely N-dealkylation sites (N-methyl/N-ethyl adjacent to an activating group) is 1. The van der Waals surface area contributed by atoms with Crippen LogP contribution in [0.2, 0.25) is 0 Å². The Morgan fingerprint density at radius 3 is 2.71 bits per heavy atom. The number of benzene rings is 1. The number of nitrogens with two attached hydrogens (primary N) is 1. The second kappa shape index (κ2) is 8.80. The first kappa shape index (κ1) is 22.6. The van der Waals surface area contributed by atoms with Gasteiger partial charge in [0.15, 0.2) is 5.84 Å². The number of nitrogens with zero attached hydrogens (tertiary/aromatic N) is 3. The Hall–Kier alpha value is -1.64. The summed E-state index contributed by atoms with van der Waals surface area (Å²) in [4.78, 5) is 16.8. The highest BCUT2D eigenvalue weighted by atomic mass is 35.5. The first-order valence-electron chi connectivity index (χ1n) is 9.44. The van der Waals surface area contributed by atoms with E-state index in [1.807, 2.05) is 4.90 Å². The first-order valence-corrected chi connectivity index (χ1v) is 10.9. The number of halogens is 1. The second-order valence-corrected chi connectivity index (χ2v) is 9.27. The van der Waals surface area contributed by atoms with E-state index in [2.05, 4.69) is 18.2 Å². The summed E-state index contributed by atoms with van der Waals surface area (Å²) in [5.74, 6) is 0.757. The van der Waals surface area contributed by atoms with E-state index < -0.39 is 10.0 Å². The van der Waals surface area contributed by atoms with Crippen LogP contribution < -0.4 is 5.73 Å². The Bertz CT molecular complexity index is 856. The maximum Gasteiger partial charge on any atom is 0.285 e. The molecule has 0 saturated carbocycles. The zero-order valence-electron chi connectivity index (χ0n) is 16.5. The molecule has 2 heterocycles. The fraction of sp³-hybridized carbons (Fsp3) is 0.579. The molecule has 0 spiro atoms. The third-order valence-corrected chi connectivity index (χ3v) is 6.78. The maximum atomic E-state index is 13.0. The van der Waals surface area contributed by atoms with Gasteiger partial charge in [0, 0.05) is 31.7 Å². The molecular formula is C19H29ClN4O3S. The van der Waals surface area contributed by atoms with Crippen LogP contribution in [0.4, 0.5) is 0 Å². The molecule has 1 aromatic rings. The van der Waals surface area contributed by atoms with Crippen molar-refractivity contribution in [1.82, 2.24) is 9.80 Å². The minimum atomic E-state index is -3.69. The first-order chi connectivity index (χ1) is 12.7. The molecule has 0 aromatic heterocycles. The van der Waals surface area contributed by atoms with Gasteiger partial charge in [-0.25, -0.2) is 0 Å². The van der Waals surface area contributed by atoms with E-state index in [4.69, 9.17) is 5.73 Å². The SMILES string of the molecule is CC(C)C(N)CCN(C)C(=O)C1CCCN1C1=NS(=O)(=O)c2ccccc21.Cl. The second-order valence-electron chi connectivity index (χ2n) is 7.69. The molecule has 28 heavy (non-hydrogen) atoms. The van der Waals surface area contributed by atoms with Gasteiger partial charge in [0.25, 0.3) is 10.0 Å². The Morgan fingerprint density at radius 1 is 1.36 bits per heavy atom. The molecule has 2 atom stereocenters. The van der Waals surface area contributed by atoms with Gasteiger partial charge in [-0.3, -0.25) is 4.79 Å². The average Bonchev–Trinajstić information content (AvgIpc) is 3.21. The van der Waals surface area contributed by atoms with Crippen molar-refractivity contribution in [3.05, 3.63) is 29.8 Å². The van der Waals surface area contributed by atoms with E-state index in [-0.39, 0.29) is 35.3 Å². The summed E-state index contributed by atoms with van der Waals surface area (Å²) in [6.45, 7) is 5.35. The molecular weight excluding hydrogens is 400 g/mol. The van der Waals surface area contributed by atoms with Crippen molar-refractivity contribution in [2.75, 3.05) is 20.1 Å². The van der Waals surface area contributed by atoms with Crippen LogP contribution >= 0.6 is 12.4 Å². The fourth-order valence-corrected chi connectivity index (χ4v) is 4.83. The van der Waals surface area contributed by atoms with Gasteiger partial charge < -0.3 is 15.5 Å². The highest BCUT2D eigenvalue weighted by Crippen LogP contribution is 2.31. The Labute approximate surface area is 173 Å². The van der Waals surface area contributed by atoms with E-state index in [0.29, 0.717) is 36.8 Å². The molecule has 0 aliphatic carbocycles. The van der Waals surface area contributed by atoms with E-state index in [1.54, 1.807) is 36.2 Å². The number of likely N-dealkylation sites (tertiary alicyclic amines) is 1. The van der Waals surface area contributed by atoms with Gasteiger partial charge in [-0.15, -0.1) is 16.8 Å². The summed E-state index contributed by atoms with van der Waals surface area (Å²) >= 11 is 0. The molecule has 2 unspecified atom stereocenters. The lowest BCUT2D eigenvalue weighted by Crippen LogP contribution is -2.47. The van der Waals surface area contributed by atoms with Crippen LogP contribution in [0, 0.1) is 5.92 Å². The fourth-order valence-electron chi connectivity index (χ4n) is 3.61. The van der Waals surface area contributed by atoms with Crippen LogP contribution in [0.3, 0.4) is 0 Å². The molecule has 2 N–H and O–H groups in total. The number of rotatable bonds is 5. The topological polar surface area (TPSA) is 96.1 Å². The van der Waals surface area contributed by atoms with Gasteiger partial charge in [-0.2, -0.15) is 8.42 Å². The van der Waals surface area contributed by atoms with Crippen LogP contribution in [-0.2, 0) is 14.8 Å². The van der Waals surface area contributed by atoms with Crippen LogP contribution in [0.1, 0.15) is 38.7 Å². The van der Waals surface area contributed by atoms with E-state index in [0.717, 1.165) is 12.8 Å². The summed E-state index contributed by atoms with van der Waals surface area (Å²) < 4.78 is 28.7. The molecule has 0 bridgehead atoms. The number of fused-ring (bicyclic) bond motifs is 1. The third kappa shape index (κ3) is 4.34. The molecule has 1 aromatic carbocycles. The largest absolute Gasteiger partial charge is 0.344 e. The molecule has 1 fully saturated rings. The van der Waals surface area contributed by atoms with E-state index in [9.17, 15) is 13.2 Å². The van der Waals surface area contributed by atoms with Crippen LogP contribution in [0.5, 0.6) is 0 Å². The molecule has 156 valence electrons. The molecule has 1 saturated heterocycles. The normalized spacial score (nSPS) is 21.1. The van der Waals surface area contributed by atoms with Gasteiger partial charge in [0.1, 0.15) is 10.9 Å². The molecule has 0 radical (unpaired) electrons. The highest BCUT2D eigenvalue weighted by molar-refractivity contribution is 7.90. The number of carbonyl (C=O) groups excluding carboxylic acids is 1. The van der Waals surface area contributed by atoms with Gasteiger partial charge in [-0.1, -0.05) is 26.0 Å². The van der Waals surface area contributed by atoms with Crippen molar-refractivity contribution in [3.63, 3.8) is 0 Å². The molecule has 2 aliphatic heterocycles. The predicted octanol–water partition coefficient (Wildman–Crippen LogP) is 1.85. The molecule has 7 nitrogen and oxygen atoms in total. The standard InChI is InChI=1S/C19H28N4O3S.ClH/c1-13(2)15(20)10-12-22(3)19(24)16-8-6-11-23(16)18-14-7-4-5-9-17(14)27(25,26)21-18;/h4-5,7,9,13,15-16H,6,8,10-12,20H2,1-3H3;1H. The summed E-state index contributed by atoms with van der Waals surface area (Å²) in [5.41, 5.74) is 6.68. The van der Waals surface area contributed by atoms with Crippen molar-refractivity contribution in [1.29, 1.82) is 0 Å². The van der Waals surface area contributed by atoms with Crippen molar-refractivity contribution >= 4 is 34.2 Å².